The number of hydrogen-bond donors (Lipinski definition) is 2. The Morgan fingerprint density at radius 3 is 2.53 bits per heavy atom. The fraction of sp³-hybridized carbons (Fsp3) is 0.222. The van der Waals surface area contributed by atoms with Gasteiger partial charge in [0.05, 0.1) is 10.2 Å². The summed E-state index contributed by atoms with van der Waals surface area (Å²) >= 11 is 3.11. The molecule has 0 aromatic heterocycles. The number of nitrogens with zero attached hydrogens (tertiary/aromatic N) is 1. The van der Waals surface area contributed by atoms with Crippen LogP contribution in [-0.2, 0) is 0 Å². The van der Waals surface area contributed by atoms with Crippen molar-refractivity contribution in [3.05, 3.63) is 28.5 Å². The SMILES string of the molecule is Cl.Fc1ccc(N=C2NCCN2)cc1Br. The van der Waals surface area contributed by atoms with Crippen LogP contribution in [0.3, 0.4) is 0 Å². The molecular weight excluding hydrogens is 284 g/mol. The van der Waals surface area contributed by atoms with E-state index in [1.54, 1.807) is 12.1 Å². The second-order valence-corrected chi connectivity index (χ2v) is 3.77. The molecule has 0 radical (unpaired) electrons. The first-order valence-corrected chi connectivity index (χ1v) is 5.06. The second kappa shape index (κ2) is 5.32. The molecule has 15 heavy (non-hydrogen) atoms. The van der Waals surface area contributed by atoms with Crippen LogP contribution in [0.15, 0.2) is 27.7 Å². The van der Waals surface area contributed by atoms with E-state index >= 15 is 0 Å². The van der Waals surface area contributed by atoms with Gasteiger partial charge in [-0.05, 0) is 34.1 Å². The maximum Gasteiger partial charge on any atom is 0.196 e. The van der Waals surface area contributed by atoms with Gasteiger partial charge in [0.1, 0.15) is 5.82 Å². The van der Waals surface area contributed by atoms with Crippen molar-refractivity contribution in [1.82, 2.24) is 10.6 Å². The van der Waals surface area contributed by atoms with E-state index in [2.05, 4.69) is 31.6 Å². The summed E-state index contributed by atoms with van der Waals surface area (Å²) in [7, 11) is 0. The Labute approximate surface area is 102 Å². The van der Waals surface area contributed by atoms with Gasteiger partial charge >= 0.3 is 0 Å². The third-order valence-corrected chi connectivity index (χ3v) is 2.46. The predicted octanol–water partition coefficient (Wildman–Crippen LogP) is 2.19. The molecule has 0 saturated carbocycles. The molecule has 6 heteroatoms. The van der Waals surface area contributed by atoms with Crippen LogP contribution in [-0.4, -0.2) is 19.0 Å². The number of nitrogens with one attached hydrogen (secondary N) is 2. The number of guanidine groups is 1. The summed E-state index contributed by atoms with van der Waals surface area (Å²) in [5, 5.41) is 6.14. The summed E-state index contributed by atoms with van der Waals surface area (Å²) in [6, 6.07) is 4.66. The van der Waals surface area contributed by atoms with Crippen LogP contribution in [0.25, 0.3) is 0 Å². The molecule has 0 unspecified atom stereocenters. The van der Waals surface area contributed by atoms with Gasteiger partial charge in [0.25, 0.3) is 0 Å². The first-order chi connectivity index (χ1) is 6.75. The van der Waals surface area contributed by atoms with E-state index in [-0.39, 0.29) is 18.2 Å². The van der Waals surface area contributed by atoms with E-state index in [4.69, 9.17) is 0 Å². The van der Waals surface area contributed by atoms with Crippen LogP contribution in [0.2, 0.25) is 0 Å². The van der Waals surface area contributed by atoms with Crippen LogP contribution in [0.4, 0.5) is 10.1 Å². The molecular formula is C9H10BrClFN3. The highest BCUT2D eigenvalue weighted by molar-refractivity contribution is 9.10. The Kier molecular flexibility index (Phi) is 4.35. The zero-order chi connectivity index (χ0) is 9.97. The van der Waals surface area contributed by atoms with Gasteiger partial charge < -0.3 is 10.6 Å². The van der Waals surface area contributed by atoms with Gasteiger partial charge in [-0.15, -0.1) is 12.4 Å². The molecule has 1 saturated heterocycles. The maximum atomic E-state index is 12.9. The monoisotopic (exact) mass is 293 g/mol. The minimum absolute atomic E-state index is 0. The lowest BCUT2D eigenvalue weighted by atomic mass is 10.3. The maximum absolute atomic E-state index is 12.9. The Morgan fingerprint density at radius 1 is 1.27 bits per heavy atom. The first kappa shape index (κ1) is 12.3. The molecule has 1 aliphatic heterocycles. The number of aliphatic imine (C=N–C) groups is 1. The summed E-state index contributed by atoms with van der Waals surface area (Å²) in [5.74, 6) is 0.463. The number of rotatable bonds is 1. The lowest BCUT2D eigenvalue weighted by molar-refractivity contribution is 0.621. The molecule has 1 aromatic carbocycles. The average Bonchev–Trinajstić information content (AvgIpc) is 2.64. The number of benzene rings is 1. The molecule has 1 fully saturated rings. The molecule has 1 heterocycles. The van der Waals surface area contributed by atoms with Crippen LogP contribution < -0.4 is 10.6 Å². The lowest BCUT2D eigenvalue weighted by Gasteiger charge is -2.00. The van der Waals surface area contributed by atoms with E-state index in [0.717, 1.165) is 24.7 Å². The van der Waals surface area contributed by atoms with E-state index in [9.17, 15) is 4.39 Å². The van der Waals surface area contributed by atoms with E-state index in [1.165, 1.54) is 6.07 Å². The topological polar surface area (TPSA) is 36.4 Å². The van der Waals surface area contributed by atoms with Gasteiger partial charge in [-0.1, -0.05) is 0 Å². The zero-order valence-corrected chi connectivity index (χ0v) is 10.2. The molecule has 0 spiro atoms. The number of halogens is 3. The van der Waals surface area contributed by atoms with Crippen molar-refractivity contribution >= 4 is 40.0 Å². The average molecular weight is 295 g/mol. The highest BCUT2D eigenvalue weighted by Gasteiger charge is 2.05. The molecule has 0 bridgehead atoms. The Morgan fingerprint density at radius 2 is 1.93 bits per heavy atom. The molecule has 0 atom stereocenters. The Balaban J connectivity index is 0.00000112. The van der Waals surface area contributed by atoms with Crippen molar-refractivity contribution in [3.63, 3.8) is 0 Å². The van der Waals surface area contributed by atoms with E-state index in [1.807, 2.05) is 0 Å². The summed E-state index contributed by atoms with van der Waals surface area (Å²) in [5.41, 5.74) is 0.718. The van der Waals surface area contributed by atoms with Gasteiger partial charge in [-0.2, -0.15) is 0 Å². The summed E-state index contributed by atoms with van der Waals surface area (Å²) < 4.78 is 13.3. The molecule has 82 valence electrons. The lowest BCUT2D eigenvalue weighted by Crippen LogP contribution is -2.23. The second-order valence-electron chi connectivity index (χ2n) is 2.91. The van der Waals surface area contributed by atoms with Gasteiger partial charge in [0.2, 0.25) is 0 Å². The molecule has 0 amide bonds. The van der Waals surface area contributed by atoms with Crippen molar-refractivity contribution in [2.45, 2.75) is 0 Å². The predicted molar refractivity (Wildman–Crippen MR) is 64.4 cm³/mol. The smallest absolute Gasteiger partial charge is 0.196 e. The highest BCUT2D eigenvalue weighted by Crippen LogP contribution is 2.21. The molecule has 1 aromatic rings. The van der Waals surface area contributed by atoms with Gasteiger partial charge in [-0.3, -0.25) is 0 Å². The minimum atomic E-state index is -0.277. The number of hydrogen-bond acceptors (Lipinski definition) is 1. The Bertz CT molecular complexity index is 376. The highest BCUT2D eigenvalue weighted by atomic mass is 79.9. The molecule has 3 nitrogen and oxygen atoms in total. The van der Waals surface area contributed by atoms with Crippen LogP contribution in [0, 0.1) is 5.82 Å². The van der Waals surface area contributed by atoms with Crippen LogP contribution >= 0.6 is 28.3 Å². The van der Waals surface area contributed by atoms with Crippen molar-refractivity contribution in [2.24, 2.45) is 4.99 Å². The standard InChI is InChI=1S/C9H9BrFN3.ClH/c10-7-5-6(1-2-8(7)11)14-9-12-3-4-13-9;/h1-2,5H,3-4H2,(H2,12,13,14);1H. The van der Waals surface area contributed by atoms with Crippen LogP contribution in [0.5, 0.6) is 0 Å². The van der Waals surface area contributed by atoms with Gasteiger partial charge in [0, 0.05) is 13.1 Å². The molecule has 2 rings (SSSR count). The molecule has 2 N–H and O–H groups in total. The zero-order valence-electron chi connectivity index (χ0n) is 7.76. The van der Waals surface area contributed by atoms with Crippen molar-refractivity contribution < 1.29 is 4.39 Å². The van der Waals surface area contributed by atoms with E-state index in [0.29, 0.717) is 4.47 Å². The minimum Gasteiger partial charge on any atom is -0.354 e. The van der Waals surface area contributed by atoms with Gasteiger partial charge in [-0.25, -0.2) is 9.38 Å². The Hall–Kier alpha value is -0.810. The largest absolute Gasteiger partial charge is 0.354 e. The fourth-order valence-corrected chi connectivity index (χ4v) is 1.55. The third kappa shape index (κ3) is 3.07. The molecule has 0 aliphatic carbocycles. The fourth-order valence-electron chi connectivity index (χ4n) is 1.19. The summed E-state index contributed by atoms with van der Waals surface area (Å²) in [4.78, 5) is 4.26. The van der Waals surface area contributed by atoms with Crippen molar-refractivity contribution in [2.75, 3.05) is 13.1 Å². The quantitative estimate of drug-likeness (QED) is 0.833. The van der Waals surface area contributed by atoms with Crippen molar-refractivity contribution in [1.29, 1.82) is 0 Å². The van der Waals surface area contributed by atoms with E-state index < -0.39 is 0 Å². The van der Waals surface area contributed by atoms with Crippen molar-refractivity contribution in [3.8, 4) is 0 Å². The summed E-state index contributed by atoms with van der Waals surface area (Å²) in [6.45, 7) is 1.75. The normalized spacial score (nSPS) is 13.9. The summed E-state index contributed by atoms with van der Waals surface area (Å²) in [6.07, 6.45) is 0. The molecule has 1 aliphatic rings. The van der Waals surface area contributed by atoms with Gasteiger partial charge in [0.15, 0.2) is 5.96 Å². The first-order valence-electron chi connectivity index (χ1n) is 4.27. The third-order valence-electron chi connectivity index (χ3n) is 1.85. The van der Waals surface area contributed by atoms with Crippen LogP contribution in [0.1, 0.15) is 0 Å².